The molecule has 0 spiro atoms. The highest BCUT2D eigenvalue weighted by Gasteiger charge is 2.22. The number of benzene rings is 1. The second-order valence-electron chi connectivity index (χ2n) is 4.70. The fraction of sp³-hybridized carbons (Fsp3) is 0.462. The summed E-state index contributed by atoms with van der Waals surface area (Å²) in [4.78, 5) is 4.09. The number of fused-ring (bicyclic) bond motifs is 1. The summed E-state index contributed by atoms with van der Waals surface area (Å²) in [6.07, 6.45) is 0.928. The normalized spacial score (nSPS) is 14.9. The van der Waals surface area contributed by atoms with Crippen LogP contribution in [0.3, 0.4) is 0 Å². The Hall–Kier alpha value is -1.65. The van der Waals surface area contributed by atoms with Crippen LogP contribution in [0.2, 0.25) is 0 Å². The van der Waals surface area contributed by atoms with Gasteiger partial charge in [0.2, 0.25) is 5.95 Å². The Balaban J connectivity index is 2.69. The molecule has 2 aromatic rings. The average molecular weight is 253 g/mol. The first-order valence-electron chi connectivity index (χ1n) is 6.08. The van der Waals surface area contributed by atoms with Crippen molar-refractivity contribution >= 4 is 17.0 Å². The first kappa shape index (κ1) is 12.8. The Morgan fingerprint density at radius 1 is 1.33 bits per heavy atom. The van der Waals surface area contributed by atoms with Crippen LogP contribution in [0.15, 0.2) is 12.1 Å². The zero-order valence-corrected chi connectivity index (χ0v) is 10.7. The maximum Gasteiger partial charge on any atom is 0.201 e. The molecule has 0 aliphatic heterocycles. The third-order valence-corrected chi connectivity index (χ3v) is 3.65. The molecule has 0 amide bonds. The fourth-order valence-electron chi connectivity index (χ4n) is 2.15. The third-order valence-electron chi connectivity index (χ3n) is 3.65. The lowest BCUT2D eigenvalue weighted by molar-refractivity contribution is 0.377. The number of hydrogen-bond donors (Lipinski definition) is 1. The van der Waals surface area contributed by atoms with Gasteiger partial charge in [0, 0.05) is 6.04 Å². The number of nitrogens with two attached hydrogens (primary N) is 1. The second kappa shape index (κ2) is 4.55. The molecule has 2 atom stereocenters. The minimum Gasteiger partial charge on any atom is -0.369 e. The molecule has 2 N–H and O–H groups in total. The van der Waals surface area contributed by atoms with E-state index in [0.717, 1.165) is 12.5 Å². The van der Waals surface area contributed by atoms with E-state index in [-0.39, 0.29) is 17.5 Å². The SMILES string of the molecule is CCC(C)C(C)n1c(N)nc2ccc(F)c(F)c21. The van der Waals surface area contributed by atoms with E-state index in [2.05, 4.69) is 4.98 Å². The van der Waals surface area contributed by atoms with Gasteiger partial charge in [-0.15, -0.1) is 0 Å². The predicted molar refractivity (Wildman–Crippen MR) is 68.2 cm³/mol. The zero-order valence-electron chi connectivity index (χ0n) is 10.7. The molecule has 1 heterocycles. The molecule has 0 saturated heterocycles. The van der Waals surface area contributed by atoms with Crippen LogP contribution in [0.25, 0.3) is 11.0 Å². The Morgan fingerprint density at radius 2 is 2.00 bits per heavy atom. The maximum absolute atomic E-state index is 13.9. The van der Waals surface area contributed by atoms with Crippen molar-refractivity contribution in [2.45, 2.75) is 33.2 Å². The average Bonchev–Trinajstić information content (AvgIpc) is 2.69. The molecule has 0 bridgehead atoms. The fourth-order valence-corrected chi connectivity index (χ4v) is 2.15. The number of rotatable bonds is 3. The summed E-state index contributed by atoms with van der Waals surface area (Å²) < 4.78 is 28.8. The molecule has 0 radical (unpaired) electrons. The van der Waals surface area contributed by atoms with E-state index < -0.39 is 11.6 Å². The van der Waals surface area contributed by atoms with Gasteiger partial charge in [-0.1, -0.05) is 20.3 Å². The molecule has 18 heavy (non-hydrogen) atoms. The summed E-state index contributed by atoms with van der Waals surface area (Å²) in [5, 5.41) is 0. The van der Waals surface area contributed by atoms with Crippen molar-refractivity contribution in [1.29, 1.82) is 0 Å². The molecule has 0 aliphatic carbocycles. The van der Waals surface area contributed by atoms with Crippen LogP contribution in [-0.2, 0) is 0 Å². The van der Waals surface area contributed by atoms with Crippen LogP contribution in [-0.4, -0.2) is 9.55 Å². The standard InChI is InChI=1S/C13H17F2N3/c1-4-7(2)8(3)18-12-10(17-13(18)16)6-5-9(14)11(12)15/h5-8H,4H2,1-3H3,(H2,16,17). The number of nitrogens with zero attached hydrogens (tertiary/aromatic N) is 2. The van der Waals surface area contributed by atoms with E-state index in [1.807, 2.05) is 20.8 Å². The van der Waals surface area contributed by atoms with Gasteiger partial charge in [0.25, 0.3) is 0 Å². The quantitative estimate of drug-likeness (QED) is 0.909. The highest BCUT2D eigenvalue weighted by atomic mass is 19.2. The van der Waals surface area contributed by atoms with Gasteiger partial charge >= 0.3 is 0 Å². The molecule has 1 aromatic carbocycles. The zero-order chi connectivity index (χ0) is 13.4. The van der Waals surface area contributed by atoms with Gasteiger partial charge in [-0.2, -0.15) is 0 Å². The van der Waals surface area contributed by atoms with Crippen molar-refractivity contribution in [1.82, 2.24) is 9.55 Å². The smallest absolute Gasteiger partial charge is 0.201 e. The lowest BCUT2D eigenvalue weighted by atomic mass is 10.0. The van der Waals surface area contributed by atoms with Gasteiger partial charge < -0.3 is 10.3 Å². The van der Waals surface area contributed by atoms with Crippen LogP contribution in [0, 0.1) is 17.6 Å². The van der Waals surface area contributed by atoms with Gasteiger partial charge in [0.05, 0.1) is 5.52 Å². The van der Waals surface area contributed by atoms with Crippen LogP contribution in [0.4, 0.5) is 14.7 Å². The van der Waals surface area contributed by atoms with E-state index in [4.69, 9.17) is 5.73 Å². The number of anilines is 1. The summed E-state index contributed by atoms with van der Waals surface area (Å²) in [6.45, 7) is 6.04. The van der Waals surface area contributed by atoms with Crippen LogP contribution in [0.1, 0.15) is 33.2 Å². The Morgan fingerprint density at radius 3 is 2.61 bits per heavy atom. The Kier molecular flexibility index (Phi) is 3.24. The van der Waals surface area contributed by atoms with Crippen molar-refractivity contribution in [3.8, 4) is 0 Å². The van der Waals surface area contributed by atoms with Gasteiger partial charge in [-0.25, -0.2) is 13.8 Å². The van der Waals surface area contributed by atoms with Gasteiger partial charge in [0.1, 0.15) is 5.52 Å². The predicted octanol–water partition coefficient (Wildman–Crippen LogP) is 3.50. The van der Waals surface area contributed by atoms with Gasteiger partial charge in [0.15, 0.2) is 11.6 Å². The summed E-state index contributed by atoms with van der Waals surface area (Å²) in [5.74, 6) is -1.23. The monoisotopic (exact) mass is 253 g/mol. The first-order valence-corrected chi connectivity index (χ1v) is 6.08. The minimum atomic E-state index is -0.883. The van der Waals surface area contributed by atoms with Crippen LogP contribution in [0.5, 0.6) is 0 Å². The highest BCUT2D eigenvalue weighted by Crippen LogP contribution is 2.30. The van der Waals surface area contributed by atoms with E-state index in [1.165, 1.54) is 6.07 Å². The summed E-state index contributed by atoms with van der Waals surface area (Å²) in [7, 11) is 0. The third kappa shape index (κ3) is 1.83. The van der Waals surface area contributed by atoms with E-state index in [0.29, 0.717) is 11.4 Å². The van der Waals surface area contributed by atoms with Crippen molar-refractivity contribution in [3.05, 3.63) is 23.8 Å². The van der Waals surface area contributed by atoms with Crippen molar-refractivity contribution in [2.24, 2.45) is 5.92 Å². The highest BCUT2D eigenvalue weighted by molar-refractivity contribution is 5.79. The first-order chi connectivity index (χ1) is 8.47. The number of aromatic nitrogens is 2. The number of imidazole rings is 1. The lowest BCUT2D eigenvalue weighted by Gasteiger charge is -2.22. The number of hydrogen-bond acceptors (Lipinski definition) is 2. The largest absolute Gasteiger partial charge is 0.369 e. The summed E-state index contributed by atoms with van der Waals surface area (Å²) in [6, 6.07) is 2.49. The molecule has 2 rings (SSSR count). The maximum atomic E-state index is 13.9. The summed E-state index contributed by atoms with van der Waals surface area (Å²) >= 11 is 0. The molecule has 3 nitrogen and oxygen atoms in total. The molecule has 2 unspecified atom stereocenters. The molecular formula is C13H17F2N3. The molecule has 1 aromatic heterocycles. The second-order valence-corrected chi connectivity index (χ2v) is 4.70. The van der Waals surface area contributed by atoms with Gasteiger partial charge in [-0.05, 0) is 25.0 Å². The minimum absolute atomic E-state index is 0.0312. The Bertz CT molecular complexity index is 577. The van der Waals surface area contributed by atoms with Crippen molar-refractivity contribution in [2.75, 3.05) is 5.73 Å². The Labute approximate surface area is 105 Å². The molecule has 0 saturated carbocycles. The number of halogens is 2. The molecular weight excluding hydrogens is 236 g/mol. The van der Waals surface area contributed by atoms with E-state index in [9.17, 15) is 8.78 Å². The van der Waals surface area contributed by atoms with Crippen molar-refractivity contribution in [3.63, 3.8) is 0 Å². The van der Waals surface area contributed by atoms with E-state index >= 15 is 0 Å². The van der Waals surface area contributed by atoms with Gasteiger partial charge in [-0.3, -0.25) is 0 Å². The molecule has 98 valence electrons. The van der Waals surface area contributed by atoms with Crippen molar-refractivity contribution < 1.29 is 8.78 Å². The van der Waals surface area contributed by atoms with Crippen LogP contribution >= 0.6 is 0 Å². The van der Waals surface area contributed by atoms with Crippen LogP contribution < -0.4 is 5.73 Å². The summed E-state index contributed by atoms with van der Waals surface area (Å²) in [5.41, 5.74) is 6.37. The number of nitrogen functional groups attached to an aromatic ring is 1. The van der Waals surface area contributed by atoms with E-state index in [1.54, 1.807) is 4.57 Å². The topological polar surface area (TPSA) is 43.8 Å². The molecule has 5 heteroatoms. The molecule has 0 aliphatic rings. The molecule has 0 fully saturated rings. The lowest BCUT2D eigenvalue weighted by Crippen LogP contribution is -2.16.